The van der Waals surface area contributed by atoms with Gasteiger partial charge in [0.15, 0.2) is 6.61 Å². The van der Waals surface area contributed by atoms with Crippen LogP contribution in [0.3, 0.4) is 0 Å². The molecule has 7 heteroatoms. The number of benzene rings is 2. The summed E-state index contributed by atoms with van der Waals surface area (Å²) in [5, 5.41) is 2.96. The first-order valence-corrected chi connectivity index (χ1v) is 11.6. The molecule has 0 radical (unpaired) electrons. The number of ether oxygens (including phenoxy) is 2. The van der Waals surface area contributed by atoms with Gasteiger partial charge in [-0.05, 0) is 75.1 Å². The second kappa shape index (κ2) is 11.9. The standard InChI is InChI=1S/C25H33BrN2O4/c1-7-18(4)27-25(30)19(5)28(14-20-8-10-21(31-6)11-9-20)23(29)15-32-22-12-16(2)24(26)17(3)13-22/h8-13,18-19H,7,14-15H2,1-6H3,(H,27,30)/t18-,19-/m1/s1. The molecule has 0 unspecified atom stereocenters. The van der Waals surface area contributed by atoms with E-state index in [-0.39, 0.29) is 24.5 Å². The quantitative estimate of drug-likeness (QED) is 0.505. The fraction of sp³-hybridized carbons (Fsp3) is 0.440. The van der Waals surface area contributed by atoms with E-state index < -0.39 is 6.04 Å². The van der Waals surface area contributed by atoms with Gasteiger partial charge in [0.05, 0.1) is 7.11 Å². The van der Waals surface area contributed by atoms with Crippen LogP contribution in [0.4, 0.5) is 0 Å². The highest BCUT2D eigenvalue weighted by atomic mass is 79.9. The predicted octanol–water partition coefficient (Wildman–Crippen LogP) is 4.79. The lowest BCUT2D eigenvalue weighted by molar-refractivity contribution is -0.142. The van der Waals surface area contributed by atoms with Gasteiger partial charge < -0.3 is 19.7 Å². The number of carbonyl (C=O) groups excluding carboxylic acids is 2. The molecule has 0 saturated carbocycles. The number of nitrogens with zero attached hydrogens (tertiary/aromatic N) is 1. The first-order valence-electron chi connectivity index (χ1n) is 10.8. The van der Waals surface area contributed by atoms with Crippen LogP contribution in [0.5, 0.6) is 11.5 Å². The number of nitrogens with one attached hydrogen (secondary N) is 1. The molecular weight excluding hydrogens is 472 g/mol. The molecule has 0 aliphatic carbocycles. The van der Waals surface area contributed by atoms with Crippen LogP contribution >= 0.6 is 15.9 Å². The van der Waals surface area contributed by atoms with Gasteiger partial charge in [0, 0.05) is 17.1 Å². The largest absolute Gasteiger partial charge is 0.497 e. The molecule has 2 aromatic rings. The van der Waals surface area contributed by atoms with E-state index in [2.05, 4.69) is 21.2 Å². The Morgan fingerprint density at radius 1 is 1.06 bits per heavy atom. The summed E-state index contributed by atoms with van der Waals surface area (Å²) in [7, 11) is 1.61. The van der Waals surface area contributed by atoms with Crippen molar-refractivity contribution in [3.63, 3.8) is 0 Å². The summed E-state index contributed by atoms with van der Waals surface area (Å²) < 4.78 is 12.0. The average molecular weight is 505 g/mol. The monoisotopic (exact) mass is 504 g/mol. The lowest BCUT2D eigenvalue weighted by Gasteiger charge is -2.29. The molecule has 0 saturated heterocycles. The van der Waals surface area contributed by atoms with Crippen molar-refractivity contribution in [1.82, 2.24) is 10.2 Å². The maximum atomic E-state index is 13.2. The normalized spacial score (nSPS) is 12.6. The molecule has 2 amide bonds. The molecule has 2 aromatic carbocycles. The molecule has 0 heterocycles. The van der Waals surface area contributed by atoms with Crippen molar-refractivity contribution in [2.75, 3.05) is 13.7 Å². The number of aryl methyl sites for hydroxylation is 2. The molecule has 0 aliphatic heterocycles. The van der Waals surface area contributed by atoms with Crippen LogP contribution in [0.25, 0.3) is 0 Å². The first-order chi connectivity index (χ1) is 15.2. The molecule has 0 spiro atoms. The minimum atomic E-state index is -0.643. The minimum Gasteiger partial charge on any atom is -0.497 e. The summed E-state index contributed by atoms with van der Waals surface area (Å²) in [6.07, 6.45) is 0.816. The Morgan fingerprint density at radius 2 is 1.66 bits per heavy atom. The van der Waals surface area contributed by atoms with Gasteiger partial charge in [0.25, 0.3) is 5.91 Å². The van der Waals surface area contributed by atoms with Crippen LogP contribution < -0.4 is 14.8 Å². The van der Waals surface area contributed by atoms with E-state index in [0.717, 1.165) is 33.3 Å². The molecule has 32 heavy (non-hydrogen) atoms. The maximum Gasteiger partial charge on any atom is 0.261 e. The number of methoxy groups -OCH3 is 1. The van der Waals surface area contributed by atoms with E-state index in [1.807, 2.05) is 64.1 Å². The third kappa shape index (κ3) is 6.99. The molecule has 2 rings (SSSR count). The molecule has 0 aromatic heterocycles. The summed E-state index contributed by atoms with van der Waals surface area (Å²) in [4.78, 5) is 27.5. The van der Waals surface area contributed by atoms with Gasteiger partial charge in [-0.2, -0.15) is 0 Å². The Bertz CT molecular complexity index is 907. The minimum absolute atomic E-state index is 0.0351. The zero-order chi connectivity index (χ0) is 23.8. The highest BCUT2D eigenvalue weighted by Gasteiger charge is 2.27. The van der Waals surface area contributed by atoms with Gasteiger partial charge in [0.2, 0.25) is 5.91 Å². The van der Waals surface area contributed by atoms with Crippen molar-refractivity contribution in [3.8, 4) is 11.5 Å². The Morgan fingerprint density at radius 3 is 2.19 bits per heavy atom. The average Bonchev–Trinajstić information content (AvgIpc) is 2.78. The van der Waals surface area contributed by atoms with E-state index in [1.165, 1.54) is 0 Å². The van der Waals surface area contributed by atoms with E-state index >= 15 is 0 Å². The third-order valence-electron chi connectivity index (χ3n) is 5.45. The van der Waals surface area contributed by atoms with Gasteiger partial charge >= 0.3 is 0 Å². The lowest BCUT2D eigenvalue weighted by Crippen LogP contribution is -2.50. The van der Waals surface area contributed by atoms with Crippen molar-refractivity contribution in [2.24, 2.45) is 0 Å². The molecule has 0 bridgehead atoms. The third-order valence-corrected chi connectivity index (χ3v) is 6.70. The van der Waals surface area contributed by atoms with Gasteiger partial charge in [-0.15, -0.1) is 0 Å². The van der Waals surface area contributed by atoms with E-state index in [4.69, 9.17) is 9.47 Å². The van der Waals surface area contributed by atoms with Crippen LogP contribution in [0.2, 0.25) is 0 Å². The second-order valence-corrected chi connectivity index (χ2v) is 8.82. The number of rotatable bonds is 10. The van der Waals surface area contributed by atoms with Crippen LogP contribution in [0.1, 0.15) is 43.9 Å². The van der Waals surface area contributed by atoms with Crippen LogP contribution in [-0.2, 0) is 16.1 Å². The predicted molar refractivity (Wildman–Crippen MR) is 130 cm³/mol. The summed E-state index contributed by atoms with van der Waals surface area (Å²) in [6.45, 7) is 9.78. The lowest BCUT2D eigenvalue weighted by atomic mass is 10.1. The van der Waals surface area contributed by atoms with E-state index in [0.29, 0.717) is 12.3 Å². The zero-order valence-corrected chi connectivity index (χ0v) is 21.3. The molecule has 0 aliphatic rings. The summed E-state index contributed by atoms with van der Waals surface area (Å²) in [5.74, 6) is 0.915. The smallest absolute Gasteiger partial charge is 0.261 e. The highest BCUT2D eigenvalue weighted by molar-refractivity contribution is 9.10. The SMILES string of the molecule is CC[C@@H](C)NC(=O)[C@@H](C)N(Cc1ccc(OC)cc1)C(=O)COc1cc(C)c(Br)c(C)c1. The Kier molecular flexibility index (Phi) is 9.57. The first kappa shape index (κ1) is 25.7. The fourth-order valence-electron chi connectivity index (χ4n) is 3.19. The number of amides is 2. The van der Waals surface area contributed by atoms with Crippen molar-refractivity contribution >= 4 is 27.7 Å². The van der Waals surface area contributed by atoms with Gasteiger partial charge in [0.1, 0.15) is 17.5 Å². The molecule has 174 valence electrons. The maximum absolute atomic E-state index is 13.2. The van der Waals surface area contributed by atoms with E-state index in [1.54, 1.807) is 18.9 Å². The summed E-state index contributed by atoms with van der Waals surface area (Å²) in [5.41, 5.74) is 2.96. The van der Waals surface area contributed by atoms with Crippen molar-refractivity contribution < 1.29 is 19.1 Å². The van der Waals surface area contributed by atoms with Crippen molar-refractivity contribution in [2.45, 2.75) is 59.7 Å². The Hall–Kier alpha value is -2.54. The second-order valence-electron chi connectivity index (χ2n) is 8.02. The number of carbonyl (C=O) groups is 2. The summed E-state index contributed by atoms with van der Waals surface area (Å²) in [6, 6.07) is 10.6. The van der Waals surface area contributed by atoms with Gasteiger partial charge in [-0.25, -0.2) is 0 Å². The fourth-order valence-corrected chi connectivity index (χ4v) is 3.42. The molecular formula is C25H33BrN2O4. The van der Waals surface area contributed by atoms with Crippen LogP contribution in [-0.4, -0.2) is 42.5 Å². The molecule has 2 atom stereocenters. The molecule has 6 nitrogen and oxygen atoms in total. The highest BCUT2D eigenvalue weighted by Crippen LogP contribution is 2.26. The van der Waals surface area contributed by atoms with Crippen LogP contribution in [0.15, 0.2) is 40.9 Å². The number of hydrogen-bond donors (Lipinski definition) is 1. The molecule has 1 N–H and O–H groups in total. The number of hydrogen-bond acceptors (Lipinski definition) is 4. The van der Waals surface area contributed by atoms with Crippen molar-refractivity contribution in [1.29, 1.82) is 0 Å². The topological polar surface area (TPSA) is 67.9 Å². The molecule has 0 fully saturated rings. The van der Waals surface area contributed by atoms with E-state index in [9.17, 15) is 9.59 Å². The van der Waals surface area contributed by atoms with Crippen molar-refractivity contribution in [3.05, 3.63) is 57.6 Å². The zero-order valence-electron chi connectivity index (χ0n) is 19.7. The van der Waals surface area contributed by atoms with Gasteiger partial charge in [-0.3, -0.25) is 9.59 Å². The summed E-state index contributed by atoms with van der Waals surface area (Å²) >= 11 is 3.54. The Balaban J connectivity index is 2.19. The van der Waals surface area contributed by atoms with Crippen LogP contribution in [0, 0.1) is 13.8 Å². The van der Waals surface area contributed by atoms with Gasteiger partial charge in [-0.1, -0.05) is 35.0 Å². The Labute approximate surface area is 199 Å². The number of halogens is 1.